The van der Waals surface area contributed by atoms with E-state index in [9.17, 15) is 19.2 Å². The Kier molecular flexibility index (Phi) is 12.4. The maximum Gasteiger partial charge on any atom is 0.408 e. The Morgan fingerprint density at radius 3 is 2.35 bits per heavy atom. The first kappa shape index (κ1) is 32.1. The molecule has 9 heteroatoms. The number of amides is 3. The third-order valence-corrected chi connectivity index (χ3v) is 5.96. The molecule has 2 N–H and O–H groups in total. The van der Waals surface area contributed by atoms with Crippen LogP contribution in [0.1, 0.15) is 63.3 Å². The molecule has 0 spiro atoms. The van der Waals surface area contributed by atoms with Gasteiger partial charge in [-0.2, -0.15) is 0 Å². The van der Waals surface area contributed by atoms with E-state index in [0.29, 0.717) is 12.0 Å². The van der Waals surface area contributed by atoms with Crippen molar-refractivity contribution >= 4 is 30.0 Å². The third kappa shape index (κ3) is 10.2. The molecule has 2 aromatic carbocycles. The second-order valence-electron chi connectivity index (χ2n) is 10.3. The molecule has 2 aromatic rings. The summed E-state index contributed by atoms with van der Waals surface area (Å²) in [5.74, 6) is -1.62. The van der Waals surface area contributed by atoms with Crippen LogP contribution in [0.15, 0.2) is 61.2 Å². The summed E-state index contributed by atoms with van der Waals surface area (Å²) < 4.78 is 10.1. The molecule has 40 heavy (non-hydrogen) atoms. The Bertz CT molecular complexity index is 1160. The van der Waals surface area contributed by atoms with Gasteiger partial charge >= 0.3 is 12.1 Å². The number of methoxy groups -OCH3 is 1. The van der Waals surface area contributed by atoms with E-state index in [1.807, 2.05) is 43.3 Å². The fourth-order valence-corrected chi connectivity index (χ4v) is 4.05. The highest BCUT2D eigenvalue weighted by molar-refractivity contribution is 5.93. The molecule has 0 aliphatic heterocycles. The number of carbonyl (C=O) groups excluding carboxylic acids is 4. The van der Waals surface area contributed by atoms with E-state index in [1.54, 1.807) is 45.0 Å². The largest absolute Gasteiger partial charge is 0.468 e. The van der Waals surface area contributed by atoms with Crippen molar-refractivity contribution in [2.45, 2.75) is 64.6 Å². The standard InChI is InChI=1S/C31H41N3O6/c1-7-9-18-34(27(28(36)32-21-26(35)39-6)24-17-13-16-22(8-2)19-24)29(37)25(20-23-14-11-10-12-15-23)33-30(38)40-31(3,4)5/h8,10-17,19,25,27H,2,7,9,18,20-21H2,1,3-6H3,(H,32,36)(H,33,38). The molecule has 9 nitrogen and oxygen atoms in total. The van der Waals surface area contributed by atoms with Gasteiger partial charge in [0.15, 0.2) is 0 Å². The van der Waals surface area contributed by atoms with Crippen LogP contribution in [0.4, 0.5) is 4.79 Å². The van der Waals surface area contributed by atoms with E-state index >= 15 is 0 Å². The van der Waals surface area contributed by atoms with E-state index < -0.39 is 41.6 Å². The minimum Gasteiger partial charge on any atom is -0.468 e. The van der Waals surface area contributed by atoms with Crippen LogP contribution in [0, 0.1) is 0 Å². The first-order valence-corrected chi connectivity index (χ1v) is 13.4. The highest BCUT2D eigenvalue weighted by Crippen LogP contribution is 2.25. The summed E-state index contributed by atoms with van der Waals surface area (Å²) in [6, 6.07) is 14.3. The van der Waals surface area contributed by atoms with Crippen LogP contribution in [-0.4, -0.2) is 60.6 Å². The predicted octanol–water partition coefficient (Wildman–Crippen LogP) is 4.42. The van der Waals surface area contributed by atoms with Gasteiger partial charge in [-0.1, -0.05) is 74.5 Å². The number of nitrogens with one attached hydrogen (secondary N) is 2. The van der Waals surface area contributed by atoms with Crippen molar-refractivity contribution in [2.24, 2.45) is 0 Å². The summed E-state index contributed by atoms with van der Waals surface area (Å²) in [6.07, 6.45) is 2.46. The molecule has 0 aliphatic rings. The zero-order chi connectivity index (χ0) is 29.7. The Morgan fingerprint density at radius 2 is 1.75 bits per heavy atom. The zero-order valence-corrected chi connectivity index (χ0v) is 24.1. The second kappa shape index (κ2) is 15.5. The number of benzene rings is 2. The molecular formula is C31H41N3O6. The average Bonchev–Trinajstić information content (AvgIpc) is 2.92. The van der Waals surface area contributed by atoms with Gasteiger partial charge in [0.2, 0.25) is 11.8 Å². The molecule has 0 aliphatic carbocycles. The van der Waals surface area contributed by atoms with Crippen molar-refractivity contribution in [2.75, 3.05) is 20.2 Å². The van der Waals surface area contributed by atoms with Crippen molar-refractivity contribution in [1.29, 1.82) is 0 Å². The minimum atomic E-state index is -1.08. The van der Waals surface area contributed by atoms with Gasteiger partial charge in [0.25, 0.3) is 0 Å². The van der Waals surface area contributed by atoms with E-state index in [4.69, 9.17) is 4.74 Å². The van der Waals surface area contributed by atoms with Crippen LogP contribution >= 0.6 is 0 Å². The molecule has 0 fully saturated rings. The van der Waals surface area contributed by atoms with Crippen LogP contribution in [0.5, 0.6) is 0 Å². The van der Waals surface area contributed by atoms with E-state index in [0.717, 1.165) is 17.5 Å². The van der Waals surface area contributed by atoms with Gasteiger partial charge < -0.3 is 25.0 Å². The number of rotatable bonds is 13. The lowest BCUT2D eigenvalue weighted by Gasteiger charge is -2.34. The summed E-state index contributed by atoms with van der Waals surface area (Å²) in [5, 5.41) is 5.33. The molecule has 216 valence electrons. The third-order valence-electron chi connectivity index (χ3n) is 5.96. The quantitative estimate of drug-likeness (QED) is 0.356. The number of carbonyl (C=O) groups is 4. The van der Waals surface area contributed by atoms with Crippen molar-refractivity contribution in [1.82, 2.24) is 15.5 Å². The molecule has 2 atom stereocenters. The molecule has 0 bridgehead atoms. The summed E-state index contributed by atoms with van der Waals surface area (Å²) >= 11 is 0. The SMILES string of the molecule is C=Cc1cccc(C(C(=O)NCC(=O)OC)N(CCCC)C(=O)C(Cc2ccccc2)NC(=O)OC(C)(C)C)c1. The van der Waals surface area contributed by atoms with Crippen LogP contribution in [-0.2, 0) is 30.3 Å². The van der Waals surface area contributed by atoms with Crippen molar-refractivity contribution in [3.8, 4) is 0 Å². The van der Waals surface area contributed by atoms with Crippen LogP contribution in [0.2, 0.25) is 0 Å². The molecule has 0 heterocycles. The van der Waals surface area contributed by atoms with E-state index in [2.05, 4.69) is 21.9 Å². The smallest absolute Gasteiger partial charge is 0.408 e. The average molecular weight is 552 g/mol. The number of nitrogens with zero attached hydrogens (tertiary/aromatic N) is 1. The monoisotopic (exact) mass is 551 g/mol. The number of alkyl carbamates (subject to hydrolysis) is 1. The first-order chi connectivity index (χ1) is 19.0. The molecule has 2 rings (SSSR count). The molecule has 0 saturated heterocycles. The lowest BCUT2D eigenvalue weighted by molar-refractivity contribution is -0.144. The number of ether oxygens (including phenoxy) is 2. The fraction of sp³-hybridized carbons (Fsp3) is 0.419. The Labute approximate surface area is 236 Å². The summed E-state index contributed by atoms with van der Waals surface area (Å²) in [4.78, 5) is 54.0. The topological polar surface area (TPSA) is 114 Å². The summed E-state index contributed by atoms with van der Waals surface area (Å²) in [5.41, 5.74) is 1.36. The van der Waals surface area contributed by atoms with Gasteiger partial charge in [-0.3, -0.25) is 14.4 Å². The highest BCUT2D eigenvalue weighted by Gasteiger charge is 2.36. The number of hydrogen-bond donors (Lipinski definition) is 2. The van der Waals surface area contributed by atoms with Gasteiger partial charge in [-0.05, 0) is 49.9 Å². The second-order valence-corrected chi connectivity index (χ2v) is 10.3. The number of hydrogen-bond acceptors (Lipinski definition) is 6. The highest BCUT2D eigenvalue weighted by atomic mass is 16.6. The van der Waals surface area contributed by atoms with Crippen molar-refractivity contribution in [3.05, 3.63) is 77.9 Å². The Hall–Kier alpha value is -4.14. The maximum absolute atomic E-state index is 14.3. The number of esters is 1. The molecule has 0 aromatic heterocycles. The molecule has 3 amide bonds. The molecule has 0 saturated carbocycles. The summed E-state index contributed by atoms with van der Waals surface area (Å²) in [6.45, 7) is 10.9. The lowest BCUT2D eigenvalue weighted by atomic mass is 9.98. The van der Waals surface area contributed by atoms with Crippen LogP contribution in [0.3, 0.4) is 0 Å². The van der Waals surface area contributed by atoms with Crippen LogP contribution < -0.4 is 10.6 Å². The Balaban J connectivity index is 2.56. The van der Waals surface area contributed by atoms with Gasteiger partial charge in [-0.25, -0.2) is 4.79 Å². The van der Waals surface area contributed by atoms with Crippen LogP contribution in [0.25, 0.3) is 6.08 Å². The van der Waals surface area contributed by atoms with Gasteiger partial charge in [-0.15, -0.1) is 0 Å². The van der Waals surface area contributed by atoms with Crippen molar-refractivity contribution in [3.63, 3.8) is 0 Å². The lowest BCUT2D eigenvalue weighted by Crippen LogP contribution is -2.54. The minimum absolute atomic E-state index is 0.185. The number of unbranched alkanes of at least 4 members (excludes halogenated alkanes) is 1. The fourth-order valence-electron chi connectivity index (χ4n) is 4.05. The first-order valence-electron chi connectivity index (χ1n) is 13.4. The predicted molar refractivity (Wildman–Crippen MR) is 154 cm³/mol. The van der Waals surface area contributed by atoms with E-state index in [1.165, 1.54) is 12.0 Å². The van der Waals surface area contributed by atoms with Gasteiger partial charge in [0.05, 0.1) is 7.11 Å². The normalized spacial score (nSPS) is 12.4. The van der Waals surface area contributed by atoms with Gasteiger partial charge in [0.1, 0.15) is 24.2 Å². The summed E-state index contributed by atoms with van der Waals surface area (Å²) in [7, 11) is 1.23. The Morgan fingerprint density at radius 1 is 1.05 bits per heavy atom. The maximum atomic E-state index is 14.3. The zero-order valence-electron chi connectivity index (χ0n) is 24.1. The molecule has 2 unspecified atom stereocenters. The van der Waals surface area contributed by atoms with E-state index in [-0.39, 0.29) is 19.5 Å². The van der Waals surface area contributed by atoms with Gasteiger partial charge in [0, 0.05) is 13.0 Å². The molecular weight excluding hydrogens is 510 g/mol. The molecule has 0 radical (unpaired) electrons. The van der Waals surface area contributed by atoms with Crippen molar-refractivity contribution < 1.29 is 28.7 Å².